The van der Waals surface area contributed by atoms with Crippen LogP contribution in [0.3, 0.4) is 0 Å². The van der Waals surface area contributed by atoms with Crippen molar-refractivity contribution in [2.24, 2.45) is 5.92 Å². The van der Waals surface area contributed by atoms with Crippen LogP contribution in [0.15, 0.2) is 28.8 Å². The maximum atomic E-state index is 5.24. The summed E-state index contributed by atoms with van der Waals surface area (Å²) in [5, 5.41) is 7.35. The SMILES string of the molecule is COc1ccc(Cc2noc(CNCC3CC3)n2)cc1. The molecule has 20 heavy (non-hydrogen) atoms. The molecule has 1 aliphatic rings. The third kappa shape index (κ3) is 3.57. The number of benzene rings is 1. The molecule has 2 aromatic rings. The number of nitrogens with zero attached hydrogens (tertiary/aromatic N) is 2. The van der Waals surface area contributed by atoms with Crippen LogP contribution in [0.5, 0.6) is 5.75 Å². The number of rotatable bonds is 7. The van der Waals surface area contributed by atoms with Gasteiger partial charge in [0, 0.05) is 6.42 Å². The molecule has 3 rings (SSSR count). The first-order valence-electron chi connectivity index (χ1n) is 6.98. The van der Waals surface area contributed by atoms with Gasteiger partial charge in [0.2, 0.25) is 5.89 Å². The zero-order chi connectivity index (χ0) is 13.8. The summed E-state index contributed by atoms with van der Waals surface area (Å²) in [7, 11) is 1.66. The highest BCUT2D eigenvalue weighted by molar-refractivity contribution is 5.28. The van der Waals surface area contributed by atoms with E-state index >= 15 is 0 Å². The van der Waals surface area contributed by atoms with Crippen molar-refractivity contribution in [3.05, 3.63) is 41.5 Å². The molecule has 0 spiro atoms. The van der Waals surface area contributed by atoms with Gasteiger partial charge in [-0.25, -0.2) is 0 Å². The third-order valence-corrected chi connectivity index (χ3v) is 3.44. The van der Waals surface area contributed by atoms with Crippen molar-refractivity contribution in [1.82, 2.24) is 15.5 Å². The Bertz CT molecular complexity index is 547. The average Bonchev–Trinajstić information content (AvgIpc) is 3.19. The Kier molecular flexibility index (Phi) is 3.97. The summed E-state index contributed by atoms with van der Waals surface area (Å²) in [6, 6.07) is 7.90. The van der Waals surface area contributed by atoms with Gasteiger partial charge in [-0.2, -0.15) is 4.98 Å². The van der Waals surface area contributed by atoms with Crippen LogP contribution in [-0.4, -0.2) is 23.8 Å². The van der Waals surface area contributed by atoms with Gasteiger partial charge < -0.3 is 14.6 Å². The van der Waals surface area contributed by atoms with Crippen LogP contribution >= 0.6 is 0 Å². The van der Waals surface area contributed by atoms with Gasteiger partial charge in [-0.15, -0.1) is 0 Å². The molecule has 0 saturated heterocycles. The number of methoxy groups -OCH3 is 1. The molecule has 1 heterocycles. The molecular formula is C15H19N3O2. The first-order chi connectivity index (χ1) is 9.83. The molecule has 1 fully saturated rings. The number of hydrogen-bond acceptors (Lipinski definition) is 5. The molecular weight excluding hydrogens is 254 g/mol. The summed E-state index contributed by atoms with van der Waals surface area (Å²) >= 11 is 0. The molecule has 1 saturated carbocycles. The molecule has 5 nitrogen and oxygen atoms in total. The Morgan fingerprint density at radius 3 is 2.80 bits per heavy atom. The Morgan fingerprint density at radius 1 is 1.30 bits per heavy atom. The largest absolute Gasteiger partial charge is 0.497 e. The van der Waals surface area contributed by atoms with Gasteiger partial charge in [-0.3, -0.25) is 0 Å². The maximum Gasteiger partial charge on any atom is 0.240 e. The van der Waals surface area contributed by atoms with Gasteiger partial charge in [0.25, 0.3) is 0 Å². The molecule has 0 unspecified atom stereocenters. The van der Waals surface area contributed by atoms with Crippen LogP contribution in [0.2, 0.25) is 0 Å². The monoisotopic (exact) mass is 273 g/mol. The molecule has 0 aliphatic heterocycles. The highest BCUT2D eigenvalue weighted by atomic mass is 16.5. The van der Waals surface area contributed by atoms with E-state index < -0.39 is 0 Å². The number of nitrogens with one attached hydrogen (secondary N) is 1. The second-order valence-corrected chi connectivity index (χ2v) is 5.20. The fourth-order valence-corrected chi connectivity index (χ4v) is 2.06. The van der Waals surface area contributed by atoms with E-state index in [1.807, 2.05) is 24.3 Å². The zero-order valence-electron chi connectivity index (χ0n) is 11.6. The van der Waals surface area contributed by atoms with Crippen molar-refractivity contribution in [3.63, 3.8) is 0 Å². The number of aromatic nitrogens is 2. The lowest BCUT2D eigenvalue weighted by Crippen LogP contribution is -2.16. The van der Waals surface area contributed by atoms with E-state index in [2.05, 4.69) is 15.5 Å². The number of ether oxygens (including phenoxy) is 1. The van der Waals surface area contributed by atoms with Crippen molar-refractivity contribution in [3.8, 4) is 5.75 Å². The predicted octanol–water partition coefficient (Wildman–Crippen LogP) is 2.17. The minimum atomic E-state index is 0.659. The fraction of sp³-hybridized carbons (Fsp3) is 0.467. The Hall–Kier alpha value is -1.88. The number of hydrogen-bond donors (Lipinski definition) is 1. The fourth-order valence-electron chi connectivity index (χ4n) is 2.06. The van der Waals surface area contributed by atoms with Gasteiger partial charge in [0.05, 0.1) is 13.7 Å². The lowest BCUT2D eigenvalue weighted by molar-refractivity contribution is 0.362. The quantitative estimate of drug-likeness (QED) is 0.837. The lowest BCUT2D eigenvalue weighted by Gasteiger charge is -2.00. The van der Waals surface area contributed by atoms with E-state index in [1.54, 1.807) is 7.11 Å². The standard InChI is InChI=1S/C15H19N3O2/c1-19-13-6-4-11(5-7-13)8-14-17-15(20-18-14)10-16-9-12-2-3-12/h4-7,12,16H,2-3,8-10H2,1H3. The van der Waals surface area contributed by atoms with E-state index in [-0.39, 0.29) is 0 Å². The Labute approximate surface area is 118 Å². The van der Waals surface area contributed by atoms with E-state index in [4.69, 9.17) is 9.26 Å². The molecule has 1 aromatic carbocycles. The predicted molar refractivity (Wildman–Crippen MR) is 74.5 cm³/mol. The summed E-state index contributed by atoms with van der Waals surface area (Å²) < 4.78 is 10.4. The summed E-state index contributed by atoms with van der Waals surface area (Å²) in [6.45, 7) is 1.71. The third-order valence-electron chi connectivity index (χ3n) is 3.44. The van der Waals surface area contributed by atoms with Crippen LogP contribution in [0.25, 0.3) is 0 Å². The van der Waals surface area contributed by atoms with Crippen LogP contribution < -0.4 is 10.1 Å². The van der Waals surface area contributed by atoms with Gasteiger partial charge in [0.15, 0.2) is 5.82 Å². The smallest absolute Gasteiger partial charge is 0.240 e. The summed E-state index contributed by atoms with van der Waals surface area (Å²) in [5.41, 5.74) is 1.14. The Balaban J connectivity index is 1.52. The summed E-state index contributed by atoms with van der Waals surface area (Å²) in [6.07, 6.45) is 3.37. The maximum absolute atomic E-state index is 5.24. The first kappa shape index (κ1) is 13.1. The van der Waals surface area contributed by atoms with Gasteiger partial charge in [0.1, 0.15) is 5.75 Å². The highest BCUT2D eigenvalue weighted by Gasteiger charge is 2.20. The Morgan fingerprint density at radius 2 is 2.10 bits per heavy atom. The first-order valence-corrected chi connectivity index (χ1v) is 6.98. The zero-order valence-corrected chi connectivity index (χ0v) is 11.6. The lowest BCUT2D eigenvalue weighted by atomic mass is 10.1. The van der Waals surface area contributed by atoms with Crippen LogP contribution in [-0.2, 0) is 13.0 Å². The molecule has 0 atom stereocenters. The van der Waals surface area contributed by atoms with E-state index in [0.717, 1.165) is 29.6 Å². The molecule has 0 radical (unpaired) electrons. The van der Waals surface area contributed by atoms with Gasteiger partial charge in [-0.1, -0.05) is 17.3 Å². The van der Waals surface area contributed by atoms with Crippen molar-refractivity contribution in [2.75, 3.05) is 13.7 Å². The summed E-state index contributed by atoms with van der Waals surface area (Å²) in [4.78, 5) is 4.39. The van der Waals surface area contributed by atoms with Gasteiger partial charge >= 0.3 is 0 Å². The van der Waals surface area contributed by atoms with Crippen LogP contribution in [0, 0.1) is 5.92 Å². The normalized spacial score (nSPS) is 14.4. The molecule has 0 amide bonds. The van der Waals surface area contributed by atoms with E-state index in [0.29, 0.717) is 18.9 Å². The van der Waals surface area contributed by atoms with Crippen molar-refractivity contribution in [1.29, 1.82) is 0 Å². The second-order valence-electron chi connectivity index (χ2n) is 5.20. The summed E-state index contributed by atoms with van der Waals surface area (Å²) in [5.74, 6) is 3.09. The molecule has 1 aliphatic carbocycles. The molecule has 1 N–H and O–H groups in total. The topological polar surface area (TPSA) is 60.2 Å². The molecule has 5 heteroatoms. The highest BCUT2D eigenvalue weighted by Crippen LogP contribution is 2.27. The molecule has 0 bridgehead atoms. The van der Waals surface area contributed by atoms with Crippen molar-refractivity contribution in [2.45, 2.75) is 25.8 Å². The van der Waals surface area contributed by atoms with Crippen LogP contribution in [0.1, 0.15) is 30.1 Å². The van der Waals surface area contributed by atoms with E-state index in [1.165, 1.54) is 12.8 Å². The molecule has 1 aromatic heterocycles. The van der Waals surface area contributed by atoms with Crippen molar-refractivity contribution < 1.29 is 9.26 Å². The second kappa shape index (κ2) is 6.05. The minimum Gasteiger partial charge on any atom is -0.497 e. The van der Waals surface area contributed by atoms with Gasteiger partial charge in [-0.05, 0) is 43.0 Å². The average molecular weight is 273 g/mol. The van der Waals surface area contributed by atoms with Crippen LogP contribution in [0.4, 0.5) is 0 Å². The minimum absolute atomic E-state index is 0.659. The molecule has 106 valence electrons. The van der Waals surface area contributed by atoms with E-state index in [9.17, 15) is 0 Å². The van der Waals surface area contributed by atoms with Crippen molar-refractivity contribution >= 4 is 0 Å².